The predicted octanol–water partition coefficient (Wildman–Crippen LogP) is 4.32. The number of benzene rings is 1. The van der Waals surface area contributed by atoms with E-state index < -0.39 is 11.7 Å². The Labute approximate surface area is 110 Å². The molecule has 0 radical (unpaired) electrons. The topological polar surface area (TPSA) is 35.8 Å². The van der Waals surface area contributed by atoms with Gasteiger partial charge in [-0.25, -0.2) is 0 Å². The van der Waals surface area contributed by atoms with Gasteiger partial charge < -0.3 is 5.32 Å². The summed E-state index contributed by atoms with van der Waals surface area (Å²) in [6.45, 7) is 0. The molecule has 0 amide bonds. The lowest BCUT2D eigenvalue weighted by Crippen LogP contribution is -2.22. The van der Waals surface area contributed by atoms with Crippen LogP contribution in [0.2, 0.25) is 0 Å². The van der Waals surface area contributed by atoms with Crippen LogP contribution in [-0.4, -0.2) is 6.04 Å². The number of alkyl halides is 3. The first-order valence-corrected chi connectivity index (χ1v) is 6.38. The SMILES string of the molecule is N#Cc1cc(C(F)(F)F)ccc1NC1CCCCC1. The average molecular weight is 268 g/mol. The van der Waals surface area contributed by atoms with Crippen molar-refractivity contribution in [1.29, 1.82) is 5.26 Å². The van der Waals surface area contributed by atoms with Gasteiger partial charge in [0.1, 0.15) is 6.07 Å². The van der Waals surface area contributed by atoms with Crippen molar-refractivity contribution in [2.24, 2.45) is 0 Å². The monoisotopic (exact) mass is 268 g/mol. The van der Waals surface area contributed by atoms with E-state index in [0.717, 1.165) is 37.8 Å². The van der Waals surface area contributed by atoms with E-state index in [-0.39, 0.29) is 11.6 Å². The minimum Gasteiger partial charge on any atom is -0.381 e. The lowest BCUT2D eigenvalue weighted by molar-refractivity contribution is -0.137. The Morgan fingerprint density at radius 3 is 2.42 bits per heavy atom. The summed E-state index contributed by atoms with van der Waals surface area (Å²) in [7, 11) is 0. The summed E-state index contributed by atoms with van der Waals surface area (Å²) >= 11 is 0. The number of nitriles is 1. The maximum Gasteiger partial charge on any atom is 0.416 e. The van der Waals surface area contributed by atoms with Crippen LogP contribution in [0, 0.1) is 11.3 Å². The Kier molecular flexibility index (Phi) is 3.98. The van der Waals surface area contributed by atoms with E-state index in [1.54, 1.807) is 0 Å². The van der Waals surface area contributed by atoms with Crippen molar-refractivity contribution >= 4 is 5.69 Å². The van der Waals surface area contributed by atoms with Gasteiger partial charge in [0.15, 0.2) is 0 Å². The molecule has 2 rings (SSSR count). The molecule has 1 saturated carbocycles. The van der Waals surface area contributed by atoms with Crippen LogP contribution in [0.3, 0.4) is 0 Å². The molecule has 1 N–H and O–H groups in total. The molecule has 5 heteroatoms. The second-order valence-corrected chi connectivity index (χ2v) is 4.85. The summed E-state index contributed by atoms with van der Waals surface area (Å²) in [5.74, 6) is 0. The average Bonchev–Trinajstić information content (AvgIpc) is 2.39. The number of halogens is 3. The minimum atomic E-state index is -4.41. The zero-order valence-corrected chi connectivity index (χ0v) is 10.4. The van der Waals surface area contributed by atoms with Gasteiger partial charge in [-0.2, -0.15) is 18.4 Å². The molecule has 0 atom stereocenters. The van der Waals surface area contributed by atoms with E-state index >= 15 is 0 Å². The molecular formula is C14H15F3N2. The Morgan fingerprint density at radius 2 is 1.84 bits per heavy atom. The first-order valence-electron chi connectivity index (χ1n) is 6.38. The number of rotatable bonds is 2. The Hall–Kier alpha value is -1.70. The van der Waals surface area contributed by atoms with Gasteiger partial charge in [0, 0.05) is 6.04 Å². The third-order valence-corrected chi connectivity index (χ3v) is 3.43. The van der Waals surface area contributed by atoms with Crippen LogP contribution in [0.5, 0.6) is 0 Å². The normalized spacial score (nSPS) is 16.9. The molecular weight excluding hydrogens is 253 g/mol. The second kappa shape index (κ2) is 5.52. The fourth-order valence-electron chi connectivity index (χ4n) is 2.41. The molecule has 0 bridgehead atoms. The van der Waals surface area contributed by atoms with E-state index in [9.17, 15) is 13.2 Å². The molecule has 0 aromatic heterocycles. The van der Waals surface area contributed by atoms with Gasteiger partial charge in [0.05, 0.1) is 16.8 Å². The molecule has 1 aliphatic rings. The smallest absolute Gasteiger partial charge is 0.381 e. The molecule has 1 aromatic rings. The number of nitrogens with zero attached hydrogens (tertiary/aromatic N) is 1. The second-order valence-electron chi connectivity index (χ2n) is 4.85. The molecule has 0 spiro atoms. The fourth-order valence-corrected chi connectivity index (χ4v) is 2.41. The largest absolute Gasteiger partial charge is 0.416 e. The van der Waals surface area contributed by atoms with Crippen molar-refractivity contribution < 1.29 is 13.2 Å². The molecule has 0 unspecified atom stereocenters. The number of hydrogen-bond acceptors (Lipinski definition) is 2. The summed E-state index contributed by atoms with van der Waals surface area (Å²) in [6, 6.07) is 5.38. The summed E-state index contributed by atoms with van der Waals surface area (Å²) in [5, 5.41) is 12.2. The minimum absolute atomic E-state index is 0.0559. The third-order valence-electron chi connectivity index (χ3n) is 3.43. The van der Waals surface area contributed by atoms with Crippen LogP contribution in [0.15, 0.2) is 18.2 Å². The zero-order chi connectivity index (χ0) is 13.9. The van der Waals surface area contributed by atoms with E-state index in [1.165, 1.54) is 12.5 Å². The van der Waals surface area contributed by atoms with Crippen molar-refractivity contribution in [3.8, 4) is 6.07 Å². The van der Waals surface area contributed by atoms with E-state index in [1.807, 2.05) is 6.07 Å². The fraction of sp³-hybridized carbons (Fsp3) is 0.500. The molecule has 0 heterocycles. The maximum atomic E-state index is 12.6. The summed E-state index contributed by atoms with van der Waals surface area (Å²) in [5.41, 5.74) is -0.221. The van der Waals surface area contributed by atoms with Gasteiger partial charge in [0.25, 0.3) is 0 Å². The van der Waals surface area contributed by atoms with Crippen molar-refractivity contribution in [2.45, 2.75) is 44.3 Å². The lowest BCUT2D eigenvalue weighted by atomic mass is 9.95. The van der Waals surface area contributed by atoms with Crippen LogP contribution in [0.1, 0.15) is 43.2 Å². The highest BCUT2D eigenvalue weighted by atomic mass is 19.4. The summed E-state index contributed by atoms with van der Waals surface area (Å²) < 4.78 is 37.7. The van der Waals surface area contributed by atoms with Crippen LogP contribution in [0.25, 0.3) is 0 Å². The van der Waals surface area contributed by atoms with Gasteiger partial charge in [-0.15, -0.1) is 0 Å². The lowest BCUT2D eigenvalue weighted by Gasteiger charge is -2.24. The van der Waals surface area contributed by atoms with Gasteiger partial charge in [0.2, 0.25) is 0 Å². The molecule has 0 aliphatic heterocycles. The van der Waals surface area contributed by atoms with Crippen molar-refractivity contribution in [3.05, 3.63) is 29.3 Å². The highest BCUT2D eigenvalue weighted by Gasteiger charge is 2.31. The van der Waals surface area contributed by atoms with E-state index in [0.29, 0.717) is 5.69 Å². The molecule has 19 heavy (non-hydrogen) atoms. The highest BCUT2D eigenvalue weighted by molar-refractivity contribution is 5.59. The summed E-state index contributed by atoms with van der Waals surface area (Å²) in [4.78, 5) is 0. The molecule has 0 saturated heterocycles. The molecule has 102 valence electrons. The van der Waals surface area contributed by atoms with E-state index in [2.05, 4.69) is 5.32 Å². The highest BCUT2D eigenvalue weighted by Crippen LogP contribution is 2.32. The first-order chi connectivity index (χ1) is 9.00. The van der Waals surface area contributed by atoms with Crippen LogP contribution < -0.4 is 5.32 Å². The van der Waals surface area contributed by atoms with Gasteiger partial charge in [-0.05, 0) is 31.0 Å². The quantitative estimate of drug-likeness (QED) is 0.867. The van der Waals surface area contributed by atoms with E-state index in [4.69, 9.17) is 5.26 Å². The van der Waals surface area contributed by atoms with Crippen molar-refractivity contribution in [3.63, 3.8) is 0 Å². The molecule has 1 fully saturated rings. The number of hydrogen-bond donors (Lipinski definition) is 1. The van der Waals surface area contributed by atoms with Crippen LogP contribution >= 0.6 is 0 Å². The van der Waals surface area contributed by atoms with Gasteiger partial charge >= 0.3 is 6.18 Å². The number of anilines is 1. The van der Waals surface area contributed by atoms with Gasteiger partial charge in [-0.3, -0.25) is 0 Å². The molecule has 2 nitrogen and oxygen atoms in total. The Morgan fingerprint density at radius 1 is 1.16 bits per heavy atom. The predicted molar refractivity (Wildman–Crippen MR) is 66.7 cm³/mol. The van der Waals surface area contributed by atoms with Gasteiger partial charge in [-0.1, -0.05) is 19.3 Å². The first kappa shape index (κ1) is 13.7. The third kappa shape index (κ3) is 3.40. The molecule has 1 aliphatic carbocycles. The Balaban J connectivity index is 2.19. The van der Waals surface area contributed by atoms with Crippen molar-refractivity contribution in [1.82, 2.24) is 0 Å². The van der Waals surface area contributed by atoms with Crippen molar-refractivity contribution in [2.75, 3.05) is 5.32 Å². The standard InChI is InChI=1S/C14H15F3N2/c15-14(16,17)11-6-7-13(10(8-11)9-18)19-12-4-2-1-3-5-12/h6-8,12,19H,1-5H2. The summed E-state index contributed by atoms with van der Waals surface area (Å²) in [6.07, 6.45) is 1.06. The van der Waals surface area contributed by atoms with Crippen LogP contribution in [0.4, 0.5) is 18.9 Å². The Bertz CT molecular complexity index is 482. The number of nitrogens with one attached hydrogen (secondary N) is 1. The zero-order valence-electron chi connectivity index (χ0n) is 10.4. The maximum absolute atomic E-state index is 12.6. The van der Waals surface area contributed by atoms with Crippen LogP contribution in [-0.2, 0) is 6.18 Å². The molecule has 1 aromatic carbocycles.